The zero-order valence-electron chi connectivity index (χ0n) is 17.5. The Morgan fingerprint density at radius 1 is 0.800 bits per heavy atom. The van der Waals surface area contributed by atoms with Crippen LogP contribution in [0.15, 0.2) is 57.8 Å². The van der Waals surface area contributed by atoms with Crippen LogP contribution in [0.25, 0.3) is 12.2 Å². The number of aromatic nitrogens is 2. The van der Waals surface area contributed by atoms with Crippen LogP contribution in [0.2, 0.25) is 0 Å². The van der Waals surface area contributed by atoms with E-state index in [4.69, 9.17) is 8.83 Å². The molecule has 6 heteroatoms. The van der Waals surface area contributed by atoms with Crippen molar-refractivity contribution < 1.29 is 18.4 Å². The number of oxazole rings is 2. The number of ketones is 2. The highest BCUT2D eigenvalue weighted by molar-refractivity contribution is 6.06. The van der Waals surface area contributed by atoms with Crippen molar-refractivity contribution in [3.8, 4) is 0 Å². The van der Waals surface area contributed by atoms with Crippen molar-refractivity contribution in [2.24, 2.45) is 0 Å². The number of hydrogen-bond donors (Lipinski definition) is 0. The van der Waals surface area contributed by atoms with Gasteiger partial charge >= 0.3 is 0 Å². The van der Waals surface area contributed by atoms with E-state index in [0.29, 0.717) is 11.8 Å². The van der Waals surface area contributed by atoms with Crippen molar-refractivity contribution in [2.45, 2.75) is 39.5 Å². The maximum Gasteiger partial charge on any atom is 0.207 e. The van der Waals surface area contributed by atoms with E-state index in [9.17, 15) is 9.59 Å². The first kappa shape index (κ1) is 21.2. The molecule has 0 radical (unpaired) electrons. The topological polar surface area (TPSA) is 86.2 Å². The summed E-state index contributed by atoms with van der Waals surface area (Å²) in [6, 6.07) is 7.47. The maximum atomic E-state index is 12.3. The predicted molar refractivity (Wildman–Crippen MR) is 114 cm³/mol. The number of rotatable bonds is 8. The molecule has 0 spiro atoms. The summed E-state index contributed by atoms with van der Waals surface area (Å²) in [6.07, 6.45) is 9.08. The van der Waals surface area contributed by atoms with Crippen molar-refractivity contribution in [2.75, 3.05) is 0 Å². The maximum absolute atomic E-state index is 12.3. The number of carbonyl (C=O) groups is 2. The third-order valence-corrected chi connectivity index (χ3v) is 4.30. The summed E-state index contributed by atoms with van der Waals surface area (Å²) in [5.41, 5.74) is 2.22. The van der Waals surface area contributed by atoms with Crippen LogP contribution in [-0.4, -0.2) is 21.5 Å². The average molecular weight is 404 g/mol. The molecule has 0 saturated heterocycles. The molecule has 0 aliphatic carbocycles. The second-order valence-electron chi connectivity index (χ2n) is 7.52. The molecule has 0 amide bonds. The van der Waals surface area contributed by atoms with Gasteiger partial charge in [-0.25, -0.2) is 9.97 Å². The summed E-state index contributed by atoms with van der Waals surface area (Å²) in [5.74, 6) is 0.863. The van der Waals surface area contributed by atoms with E-state index >= 15 is 0 Å². The van der Waals surface area contributed by atoms with Crippen molar-refractivity contribution in [1.29, 1.82) is 0 Å². The average Bonchev–Trinajstić information content (AvgIpc) is 3.40. The van der Waals surface area contributed by atoms with Gasteiger partial charge in [-0.05, 0) is 29.3 Å². The van der Waals surface area contributed by atoms with Crippen molar-refractivity contribution in [1.82, 2.24) is 9.97 Å². The molecule has 0 bridgehead atoms. The molecular weight excluding hydrogens is 380 g/mol. The lowest BCUT2D eigenvalue weighted by molar-refractivity contribution is 0.103. The Bertz CT molecular complexity index is 1020. The Balaban J connectivity index is 1.67. The minimum absolute atomic E-state index is 0.121. The number of benzene rings is 1. The third-order valence-electron chi connectivity index (χ3n) is 4.30. The fourth-order valence-electron chi connectivity index (χ4n) is 2.61. The van der Waals surface area contributed by atoms with Gasteiger partial charge in [-0.3, -0.25) is 9.59 Å². The first-order valence-electron chi connectivity index (χ1n) is 9.79. The molecule has 1 aromatic carbocycles. The van der Waals surface area contributed by atoms with Gasteiger partial charge in [-0.2, -0.15) is 0 Å². The lowest BCUT2D eigenvalue weighted by atomic mass is 10.1. The SMILES string of the molecule is CC(C)c1nc(C(=O)/C=C/c2cccc(/C=C/C(=O)c3coc(C(C)C)n3)c2)co1. The van der Waals surface area contributed by atoms with Gasteiger partial charge in [0, 0.05) is 11.8 Å². The van der Waals surface area contributed by atoms with Gasteiger partial charge in [0.05, 0.1) is 0 Å². The van der Waals surface area contributed by atoms with E-state index in [1.165, 1.54) is 24.7 Å². The van der Waals surface area contributed by atoms with Crippen LogP contribution in [0.4, 0.5) is 0 Å². The summed E-state index contributed by atoms with van der Waals surface area (Å²) < 4.78 is 10.6. The molecule has 2 aromatic heterocycles. The van der Waals surface area contributed by atoms with Crippen LogP contribution < -0.4 is 0 Å². The fourth-order valence-corrected chi connectivity index (χ4v) is 2.61. The summed E-state index contributed by atoms with van der Waals surface area (Å²) in [4.78, 5) is 33.0. The van der Waals surface area contributed by atoms with Crippen LogP contribution in [0.1, 0.15) is 83.4 Å². The summed E-state index contributed by atoms with van der Waals surface area (Å²) in [7, 11) is 0. The van der Waals surface area contributed by atoms with E-state index in [1.54, 1.807) is 12.2 Å². The predicted octanol–water partition coefficient (Wildman–Crippen LogP) is 5.70. The summed E-state index contributed by atoms with van der Waals surface area (Å²) in [5, 5.41) is 0. The molecule has 6 nitrogen and oxygen atoms in total. The third kappa shape index (κ3) is 5.29. The van der Waals surface area contributed by atoms with Crippen LogP contribution >= 0.6 is 0 Å². The molecule has 0 aliphatic heterocycles. The van der Waals surface area contributed by atoms with Gasteiger partial charge < -0.3 is 8.83 Å². The second kappa shape index (κ2) is 9.31. The second-order valence-corrected chi connectivity index (χ2v) is 7.52. The molecule has 30 heavy (non-hydrogen) atoms. The number of hydrogen-bond acceptors (Lipinski definition) is 6. The van der Waals surface area contributed by atoms with Crippen LogP contribution in [0.5, 0.6) is 0 Å². The van der Waals surface area contributed by atoms with E-state index in [0.717, 1.165) is 11.1 Å². The van der Waals surface area contributed by atoms with Crippen LogP contribution in [-0.2, 0) is 0 Å². The Morgan fingerprint density at radius 2 is 1.23 bits per heavy atom. The summed E-state index contributed by atoms with van der Waals surface area (Å²) >= 11 is 0. The quantitative estimate of drug-likeness (QED) is 0.353. The highest BCUT2D eigenvalue weighted by Crippen LogP contribution is 2.16. The smallest absolute Gasteiger partial charge is 0.207 e. The van der Waals surface area contributed by atoms with Gasteiger partial charge in [0.25, 0.3) is 0 Å². The zero-order chi connectivity index (χ0) is 21.7. The van der Waals surface area contributed by atoms with Gasteiger partial charge in [0.1, 0.15) is 23.9 Å². The summed E-state index contributed by atoms with van der Waals surface area (Å²) in [6.45, 7) is 7.80. The Hall–Kier alpha value is -3.54. The molecule has 154 valence electrons. The lowest BCUT2D eigenvalue weighted by Crippen LogP contribution is -1.96. The van der Waals surface area contributed by atoms with Crippen molar-refractivity contribution in [3.63, 3.8) is 0 Å². The number of carbonyl (C=O) groups excluding carboxylic acids is 2. The van der Waals surface area contributed by atoms with Gasteiger partial charge in [0.15, 0.2) is 11.8 Å². The molecule has 2 heterocycles. The standard InChI is InChI=1S/C24H24N2O4/c1-15(2)23-25-19(13-29-23)21(27)10-8-17-6-5-7-18(12-17)9-11-22(28)20-14-30-24(26-20)16(3)4/h5-16H,1-4H3/b10-8+,11-9+. The fraction of sp³-hybridized carbons (Fsp3) is 0.250. The van der Waals surface area contributed by atoms with Crippen molar-refractivity contribution >= 4 is 23.7 Å². The van der Waals surface area contributed by atoms with E-state index in [2.05, 4.69) is 9.97 Å². The lowest BCUT2D eigenvalue weighted by Gasteiger charge is -1.97. The van der Waals surface area contributed by atoms with E-state index in [-0.39, 0.29) is 34.8 Å². The highest BCUT2D eigenvalue weighted by atomic mass is 16.3. The normalized spacial score (nSPS) is 11.9. The minimum Gasteiger partial charge on any atom is -0.448 e. The first-order chi connectivity index (χ1) is 14.3. The van der Waals surface area contributed by atoms with E-state index < -0.39 is 0 Å². The monoisotopic (exact) mass is 404 g/mol. The zero-order valence-corrected chi connectivity index (χ0v) is 17.5. The Labute approximate surface area is 175 Å². The molecular formula is C24H24N2O4. The van der Waals surface area contributed by atoms with Crippen LogP contribution in [0, 0.1) is 0 Å². The Kier molecular flexibility index (Phi) is 6.57. The Morgan fingerprint density at radius 3 is 1.60 bits per heavy atom. The van der Waals surface area contributed by atoms with Gasteiger partial charge in [0.2, 0.25) is 11.6 Å². The molecule has 3 rings (SSSR count). The molecule has 0 unspecified atom stereocenters. The largest absolute Gasteiger partial charge is 0.448 e. The van der Waals surface area contributed by atoms with Gasteiger partial charge in [-0.15, -0.1) is 0 Å². The van der Waals surface area contributed by atoms with Crippen molar-refractivity contribution in [3.05, 3.63) is 83.2 Å². The molecule has 0 aliphatic rings. The molecule has 0 fully saturated rings. The highest BCUT2D eigenvalue weighted by Gasteiger charge is 2.13. The molecule has 0 saturated carbocycles. The van der Waals surface area contributed by atoms with Gasteiger partial charge in [-0.1, -0.05) is 58.0 Å². The first-order valence-corrected chi connectivity index (χ1v) is 9.79. The number of nitrogens with zero attached hydrogens (tertiary/aromatic N) is 2. The molecule has 3 aromatic rings. The molecule has 0 N–H and O–H groups in total. The van der Waals surface area contributed by atoms with E-state index in [1.807, 2.05) is 52.0 Å². The number of allylic oxidation sites excluding steroid dienone is 2. The minimum atomic E-state index is -0.228. The molecule has 0 atom stereocenters. The van der Waals surface area contributed by atoms with Crippen LogP contribution in [0.3, 0.4) is 0 Å².